The van der Waals surface area contributed by atoms with Crippen molar-refractivity contribution in [3.8, 4) is 0 Å². The Bertz CT molecular complexity index is 192. The smallest absolute Gasteiger partial charge is 0.317 e. The lowest BCUT2D eigenvalue weighted by Gasteiger charge is -2.29. The number of likely N-dealkylation sites (N-methyl/N-ethyl adjacent to an activating group) is 1. The van der Waals surface area contributed by atoms with Crippen LogP contribution in [-0.4, -0.2) is 68.7 Å². The van der Waals surface area contributed by atoms with Gasteiger partial charge in [0.2, 0.25) is 0 Å². The molecule has 0 radical (unpaired) electrons. The Hall–Kier alpha value is -0.810. The molecule has 5 nitrogen and oxygen atoms in total. The summed E-state index contributed by atoms with van der Waals surface area (Å²) >= 11 is 0. The first-order chi connectivity index (χ1) is 7.24. The largest absolute Gasteiger partial charge is 0.338 e. The molecule has 1 aliphatic heterocycles. The van der Waals surface area contributed by atoms with Gasteiger partial charge in [-0.25, -0.2) is 4.79 Å². The fraction of sp³-hybridized carbons (Fsp3) is 0.900. The maximum absolute atomic E-state index is 11.4. The zero-order valence-corrected chi connectivity index (χ0v) is 9.75. The first kappa shape index (κ1) is 12.3. The predicted octanol–water partition coefficient (Wildman–Crippen LogP) is -0.447. The highest BCUT2D eigenvalue weighted by molar-refractivity contribution is 5.73. The molecule has 88 valence electrons. The van der Waals surface area contributed by atoms with Crippen LogP contribution in [0.15, 0.2) is 0 Å². The maximum atomic E-state index is 11.4. The number of urea groups is 1. The minimum atomic E-state index is 0.0210. The van der Waals surface area contributed by atoms with Crippen LogP contribution in [0.2, 0.25) is 0 Å². The highest BCUT2D eigenvalue weighted by Gasteiger charge is 2.12. The second-order valence-electron chi connectivity index (χ2n) is 3.85. The van der Waals surface area contributed by atoms with Gasteiger partial charge in [0.1, 0.15) is 0 Å². The van der Waals surface area contributed by atoms with Crippen LogP contribution in [0.3, 0.4) is 0 Å². The van der Waals surface area contributed by atoms with Gasteiger partial charge in [-0.1, -0.05) is 0 Å². The molecule has 0 saturated carbocycles. The summed E-state index contributed by atoms with van der Waals surface area (Å²) in [5.41, 5.74) is 0. The van der Waals surface area contributed by atoms with Crippen molar-refractivity contribution in [3.05, 3.63) is 0 Å². The van der Waals surface area contributed by atoms with Crippen molar-refractivity contribution < 1.29 is 4.79 Å². The van der Waals surface area contributed by atoms with Gasteiger partial charge in [0.15, 0.2) is 0 Å². The summed E-state index contributed by atoms with van der Waals surface area (Å²) in [6.45, 7) is 8.68. The van der Waals surface area contributed by atoms with E-state index >= 15 is 0 Å². The molecule has 1 heterocycles. The van der Waals surface area contributed by atoms with Crippen LogP contribution in [0.4, 0.5) is 4.79 Å². The zero-order chi connectivity index (χ0) is 11.1. The van der Waals surface area contributed by atoms with Crippen LogP contribution < -0.4 is 10.6 Å². The van der Waals surface area contributed by atoms with Gasteiger partial charge in [-0.15, -0.1) is 0 Å². The molecule has 1 rings (SSSR count). The van der Waals surface area contributed by atoms with Crippen molar-refractivity contribution in [2.24, 2.45) is 0 Å². The van der Waals surface area contributed by atoms with E-state index in [0.717, 1.165) is 39.3 Å². The molecule has 0 atom stereocenters. The molecule has 0 bridgehead atoms. The van der Waals surface area contributed by atoms with Crippen LogP contribution in [0.5, 0.6) is 0 Å². The van der Waals surface area contributed by atoms with Gasteiger partial charge >= 0.3 is 6.03 Å². The van der Waals surface area contributed by atoms with Crippen LogP contribution in [-0.2, 0) is 0 Å². The van der Waals surface area contributed by atoms with Crippen molar-refractivity contribution in [2.45, 2.75) is 6.92 Å². The fourth-order valence-corrected chi connectivity index (χ4v) is 1.61. The molecule has 0 aromatic rings. The third-order valence-electron chi connectivity index (χ3n) is 2.64. The number of hydrogen-bond acceptors (Lipinski definition) is 3. The van der Waals surface area contributed by atoms with Gasteiger partial charge in [-0.2, -0.15) is 0 Å². The first-order valence-electron chi connectivity index (χ1n) is 5.66. The van der Waals surface area contributed by atoms with Gasteiger partial charge in [0, 0.05) is 52.9 Å². The lowest BCUT2D eigenvalue weighted by Crippen LogP contribution is -2.47. The van der Waals surface area contributed by atoms with E-state index in [9.17, 15) is 4.79 Å². The molecular formula is C10H22N4O. The predicted molar refractivity (Wildman–Crippen MR) is 61.0 cm³/mol. The van der Waals surface area contributed by atoms with Crippen molar-refractivity contribution in [3.63, 3.8) is 0 Å². The van der Waals surface area contributed by atoms with E-state index in [1.165, 1.54) is 0 Å². The van der Waals surface area contributed by atoms with E-state index in [0.29, 0.717) is 6.54 Å². The second-order valence-corrected chi connectivity index (χ2v) is 3.85. The van der Waals surface area contributed by atoms with Gasteiger partial charge in [0.05, 0.1) is 0 Å². The SMILES string of the molecule is CCNC(=O)N(C)CCN1CCNCC1. The number of amides is 2. The molecule has 15 heavy (non-hydrogen) atoms. The molecular weight excluding hydrogens is 192 g/mol. The molecule has 0 aliphatic carbocycles. The number of hydrogen-bond donors (Lipinski definition) is 2. The van der Waals surface area contributed by atoms with Gasteiger partial charge in [-0.3, -0.25) is 4.90 Å². The van der Waals surface area contributed by atoms with Crippen molar-refractivity contribution in [1.29, 1.82) is 0 Å². The van der Waals surface area contributed by atoms with E-state index in [-0.39, 0.29) is 6.03 Å². The Morgan fingerprint density at radius 1 is 1.47 bits per heavy atom. The Labute approximate surface area is 91.8 Å². The quantitative estimate of drug-likeness (QED) is 0.666. The molecule has 2 N–H and O–H groups in total. The van der Waals surface area contributed by atoms with Gasteiger partial charge < -0.3 is 15.5 Å². The van der Waals surface area contributed by atoms with Crippen LogP contribution in [0, 0.1) is 0 Å². The van der Waals surface area contributed by atoms with Crippen LogP contribution in [0.25, 0.3) is 0 Å². The number of piperazine rings is 1. The minimum absolute atomic E-state index is 0.0210. The van der Waals surface area contributed by atoms with Crippen molar-refractivity contribution in [2.75, 3.05) is 52.9 Å². The molecule has 0 unspecified atom stereocenters. The fourth-order valence-electron chi connectivity index (χ4n) is 1.61. The third kappa shape index (κ3) is 4.48. The number of nitrogens with zero attached hydrogens (tertiary/aromatic N) is 2. The summed E-state index contributed by atoms with van der Waals surface area (Å²) in [7, 11) is 1.84. The van der Waals surface area contributed by atoms with E-state index < -0.39 is 0 Å². The maximum Gasteiger partial charge on any atom is 0.317 e. The molecule has 0 aromatic carbocycles. The molecule has 1 saturated heterocycles. The Morgan fingerprint density at radius 2 is 2.13 bits per heavy atom. The molecule has 5 heteroatoms. The Morgan fingerprint density at radius 3 is 2.73 bits per heavy atom. The molecule has 2 amide bonds. The normalized spacial score (nSPS) is 17.5. The number of rotatable bonds is 4. The monoisotopic (exact) mass is 214 g/mol. The number of nitrogens with one attached hydrogen (secondary N) is 2. The summed E-state index contributed by atoms with van der Waals surface area (Å²) < 4.78 is 0. The molecule has 1 aliphatic rings. The van der Waals surface area contributed by atoms with E-state index in [1.54, 1.807) is 4.90 Å². The third-order valence-corrected chi connectivity index (χ3v) is 2.64. The first-order valence-corrected chi connectivity index (χ1v) is 5.66. The minimum Gasteiger partial charge on any atom is -0.338 e. The standard InChI is InChI=1S/C10H22N4O/c1-3-12-10(15)13(2)8-9-14-6-4-11-5-7-14/h11H,3-9H2,1-2H3,(H,12,15). The van der Waals surface area contributed by atoms with E-state index in [1.807, 2.05) is 14.0 Å². The molecule has 0 spiro atoms. The lowest BCUT2D eigenvalue weighted by atomic mass is 10.3. The summed E-state index contributed by atoms with van der Waals surface area (Å²) in [6.07, 6.45) is 0. The summed E-state index contributed by atoms with van der Waals surface area (Å²) in [6, 6.07) is 0.0210. The Balaban J connectivity index is 2.14. The van der Waals surface area contributed by atoms with Gasteiger partial charge in [-0.05, 0) is 6.92 Å². The highest BCUT2D eigenvalue weighted by atomic mass is 16.2. The topological polar surface area (TPSA) is 47.6 Å². The van der Waals surface area contributed by atoms with E-state index in [4.69, 9.17) is 0 Å². The van der Waals surface area contributed by atoms with E-state index in [2.05, 4.69) is 15.5 Å². The average molecular weight is 214 g/mol. The average Bonchev–Trinajstić information content (AvgIpc) is 2.27. The van der Waals surface area contributed by atoms with Gasteiger partial charge in [0.25, 0.3) is 0 Å². The van der Waals surface area contributed by atoms with Crippen LogP contribution in [0.1, 0.15) is 6.92 Å². The van der Waals surface area contributed by atoms with Crippen LogP contribution >= 0.6 is 0 Å². The number of carbonyl (C=O) groups excluding carboxylic acids is 1. The van der Waals surface area contributed by atoms with Crippen molar-refractivity contribution in [1.82, 2.24) is 20.4 Å². The second kappa shape index (κ2) is 6.63. The Kier molecular flexibility index (Phi) is 5.42. The summed E-state index contributed by atoms with van der Waals surface area (Å²) in [4.78, 5) is 15.5. The summed E-state index contributed by atoms with van der Waals surface area (Å²) in [5.74, 6) is 0. The number of carbonyl (C=O) groups is 1. The zero-order valence-electron chi connectivity index (χ0n) is 9.75. The molecule has 1 fully saturated rings. The molecule has 0 aromatic heterocycles. The van der Waals surface area contributed by atoms with Crippen molar-refractivity contribution >= 4 is 6.03 Å². The lowest BCUT2D eigenvalue weighted by molar-refractivity contribution is 0.188. The highest BCUT2D eigenvalue weighted by Crippen LogP contribution is 1.93. The summed E-state index contributed by atoms with van der Waals surface area (Å²) in [5, 5.41) is 6.10.